The van der Waals surface area contributed by atoms with Crippen molar-refractivity contribution in [1.29, 1.82) is 0 Å². The molecule has 0 heterocycles. The average molecular weight is 425 g/mol. The molecule has 2 N–H and O–H groups in total. The number of nitro benzene ring substituents is 1. The lowest BCUT2D eigenvalue weighted by atomic mass is 10.1. The zero-order valence-electron chi connectivity index (χ0n) is 16.2. The number of nitro groups is 1. The summed E-state index contributed by atoms with van der Waals surface area (Å²) in [5.41, 5.74) is 2.77. The Morgan fingerprint density at radius 2 is 1.57 bits per heavy atom. The molecule has 0 atom stereocenters. The molecule has 0 saturated heterocycles. The number of carbonyl (C=O) groups excluding carboxylic acids is 1. The minimum Gasteiger partial charge on any atom is -0.322 e. The Balaban J connectivity index is 1.73. The zero-order chi connectivity index (χ0) is 21.9. The number of non-ortho nitro benzene ring substituents is 1. The van der Waals surface area contributed by atoms with Gasteiger partial charge in [0.25, 0.3) is 21.6 Å². The smallest absolute Gasteiger partial charge is 0.270 e. The van der Waals surface area contributed by atoms with Gasteiger partial charge in [-0.15, -0.1) is 0 Å². The molecule has 0 aliphatic carbocycles. The van der Waals surface area contributed by atoms with Crippen molar-refractivity contribution in [3.05, 3.63) is 93.5 Å². The normalized spacial score (nSPS) is 11.0. The van der Waals surface area contributed by atoms with Crippen molar-refractivity contribution in [2.24, 2.45) is 0 Å². The van der Waals surface area contributed by atoms with E-state index in [9.17, 15) is 23.3 Å². The van der Waals surface area contributed by atoms with Gasteiger partial charge in [-0.25, -0.2) is 8.42 Å². The van der Waals surface area contributed by atoms with Gasteiger partial charge in [-0.3, -0.25) is 19.6 Å². The van der Waals surface area contributed by atoms with Crippen LogP contribution >= 0.6 is 0 Å². The molecular weight excluding hydrogens is 406 g/mol. The van der Waals surface area contributed by atoms with Gasteiger partial charge in [-0.2, -0.15) is 0 Å². The standard InChI is InChI=1S/C21H19N3O5S/c1-14-6-7-18(12-15(14)2)23-30(28,29)20-10-8-17(9-11-20)22-21(25)16-4-3-5-19(13-16)24(26)27/h3-13,23H,1-2H3,(H,22,25). The fraction of sp³-hybridized carbons (Fsp3) is 0.0952. The van der Waals surface area contributed by atoms with E-state index in [1.54, 1.807) is 12.1 Å². The number of benzene rings is 3. The molecule has 0 unspecified atom stereocenters. The number of rotatable bonds is 6. The van der Waals surface area contributed by atoms with Gasteiger partial charge in [-0.1, -0.05) is 12.1 Å². The highest BCUT2D eigenvalue weighted by Gasteiger charge is 2.16. The number of anilines is 2. The molecule has 3 rings (SSSR count). The highest BCUT2D eigenvalue weighted by Crippen LogP contribution is 2.21. The van der Waals surface area contributed by atoms with Gasteiger partial charge in [-0.05, 0) is 67.4 Å². The predicted molar refractivity (Wildman–Crippen MR) is 114 cm³/mol. The van der Waals surface area contributed by atoms with Crippen molar-refractivity contribution in [1.82, 2.24) is 0 Å². The van der Waals surface area contributed by atoms with Crippen molar-refractivity contribution in [3.8, 4) is 0 Å². The Bertz CT molecular complexity index is 1220. The van der Waals surface area contributed by atoms with Crippen LogP contribution in [-0.2, 0) is 10.0 Å². The van der Waals surface area contributed by atoms with Crippen molar-refractivity contribution >= 4 is 33.0 Å². The van der Waals surface area contributed by atoms with Crippen LogP contribution in [0.3, 0.4) is 0 Å². The van der Waals surface area contributed by atoms with E-state index in [-0.39, 0.29) is 16.1 Å². The summed E-state index contributed by atoms with van der Waals surface area (Å²) < 4.78 is 27.7. The van der Waals surface area contributed by atoms with Gasteiger partial charge in [0.2, 0.25) is 0 Å². The van der Waals surface area contributed by atoms with E-state index in [1.807, 2.05) is 19.9 Å². The first-order valence-electron chi connectivity index (χ1n) is 8.92. The summed E-state index contributed by atoms with van der Waals surface area (Å²) in [4.78, 5) is 22.6. The van der Waals surface area contributed by atoms with Crippen LogP contribution in [0.1, 0.15) is 21.5 Å². The number of hydrogen-bond acceptors (Lipinski definition) is 5. The van der Waals surface area contributed by atoms with Crippen LogP contribution in [0.5, 0.6) is 0 Å². The molecule has 8 nitrogen and oxygen atoms in total. The summed E-state index contributed by atoms with van der Waals surface area (Å²) in [6.07, 6.45) is 0. The number of nitrogens with zero attached hydrogens (tertiary/aromatic N) is 1. The Morgan fingerprint density at radius 3 is 2.20 bits per heavy atom. The maximum Gasteiger partial charge on any atom is 0.270 e. The molecule has 1 amide bonds. The minimum absolute atomic E-state index is 0.0362. The summed E-state index contributed by atoms with van der Waals surface area (Å²) in [5, 5.41) is 13.4. The molecule has 0 bridgehead atoms. The summed E-state index contributed by atoms with van der Waals surface area (Å²) >= 11 is 0. The topological polar surface area (TPSA) is 118 Å². The maximum absolute atomic E-state index is 12.6. The van der Waals surface area contributed by atoms with Gasteiger partial charge in [0.05, 0.1) is 9.82 Å². The fourth-order valence-electron chi connectivity index (χ4n) is 2.70. The van der Waals surface area contributed by atoms with Crippen molar-refractivity contribution in [3.63, 3.8) is 0 Å². The second-order valence-electron chi connectivity index (χ2n) is 6.69. The third-order valence-electron chi connectivity index (χ3n) is 4.50. The van der Waals surface area contributed by atoms with E-state index in [4.69, 9.17) is 0 Å². The lowest BCUT2D eigenvalue weighted by Crippen LogP contribution is -2.14. The molecule has 0 aliphatic heterocycles. The number of amides is 1. The second kappa shape index (κ2) is 8.34. The third kappa shape index (κ3) is 4.81. The van der Waals surface area contributed by atoms with Crippen molar-refractivity contribution in [2.45, 2.75) is 18.7 Å². The van der Waals surface area contributed by atoms with Crippen LogP contribution in [0.25, 0.3) is 0 Å². The lowest BCUT2D eigenvalue weighted by molar-refractivity contribution is -0.384. The van der Waals surface area contributed by atoms with Crippen molar-refractivity contribution < 1.29 is 18.1 Å². The minimum atomic E-state index is -3.79. The zero-order valence-corrected chi connectivity index (χ0v) is 17.1. The molecule has 0 radical (unpaired) electrons. The highest BCUT2D eigenvalue weighted by molar-refractivity contribution is 7.92. The molecule has 0 saturated carbocycles. The van der Waals surface area contributed by atoms with E-state index < -0.39 is 20.9 Å². The summed E-state index contributed by atoms with van der Waals surface area (Å²) in [6.45, 7) is 3.83. The van der Waals surface area contributed by atoms with Crippen molar-refractivity contribution in [2.75, 3.05) is 10.0 Å². The van der Waals surface area contributed by atoms with Crippen LogP contribution in [0, 0.1) is 24.0 Å². The first-order chi connectivity index (χ1) is 14.2. The van der Waals surface area contributed by atoms with Crippen LogP contribution in [0.15, 0.2) is 71.6 Å². The lowest BCUT2D eigenvalue weighted by Gasteiger charge is -2.11. The summed E-state index contributed by atoms with van der Waals surface area (Å²) in [7, 11) is -3.79. The number of nitrogens with one attached hydrogen (secondary N) is 2. The van der Waals surface area contributed by atoms with E-state index in [0.717, 1.165) is 11.1 Å². The Morgan fingerprint density at radius 1 is 0.900 bits per heavy atom. The third-order valence-corrected chi connectivity index (χ3v) is 5.90. The fourth-order valence-corrected chi connectivity index (χ4v) is 3.75. The van der Waals surface area contributed by atoms with Gasteiger partial charge < -0.3 is 5.32 Å². The summed E-state index contributed by atoms with van der Waals surface area (Å²) in [5.74, 6) is -0.539. The van der Waals surface area contributed by atoms with Gasteiger partial charge in [0.1, 0.15) is 0 Å². The number of carbonyl (C=O) groups is 1. The van der Waals surface area contributed by atoms with E-state index in [0.29, 0.717) is 11.4 Å². The Hall–Kier alpha value is -3.72. The van der Waals surface area contributed by atoms with Gasteiger partial charge >= 0.3 is 0 Å². The molecule has 0 spiro atoms. The number of sulfonamides is 1. The first-order valence-corrected chi connectivity index (χ1v) is 10.4. The number of aryl methyl sites for hydroxylation is 2. The van der Waals surface area contributed by atoms with Crippen LogP contribution in [0.2, 0.25) is 0 Å². The quantitative estimate of drug-likeness (QED) is 0.452. The molecule has 9 heteroatoms. The average Bonchev–Trinajstić information content (AvgIpc) is 2.71. The molecular formula is C21H19N3O5S. The van der Waals surface area contributed by atoms with E-state index in [2.05, 4.69) is 10.0 Å². The van der Waals surface area contributed by atoms with Gasteiger partial charge in [0, 0.05) is 29.1 Å². The first kappa shape index (κ1) is 21.0. The van der Waals surface area contributed by atoms with Crippen LogP contribution in [0.4, 0.5) is 17.1 Å². The number of hydrogen-bond donors (Lipinski definition) is 2. The van der Waals surface area contributed by atoms with Crippen LogP contribution < -0.4 is 10.0 Å². The highest BCUT2D eigenvalue weighted by atomic mass is 32.2. The van der Waals surface area contributed by atoms with E-state index in [1.165, 1.54) is 48.5 Å². The molecule has 154 valence electrons. The molecule has 3 aromatic rings. The monoisotopic (exact) mass is 425 g/mol. The largest absolute Gasteiger partial charge is 0.322 e. The van der Waals surface area contributed by atoms with Gasteiger partial charge in [0.15, 0.2) is 0 Å². The SMILES string of the molecule is Cc1ccc(NS(=O)(=O)c2ccc(NC(=O)c3cccc([N+](=O)[O-])c3)cc2)cc1C. The second-order valence-corrected chi connectivity index (χ2v) is 8.37. The molecule has 0 aliphatic rings. The molecule has 0 aromatic heterocycles. The predicted octanol–water partition coefficient (Wildman–Crippen LogP) is 4.26. The van der Waals surface area contributed by atoms with Crippen LogP contribution in [-0.4, -0.2) is 19.2 Å². The summed E-state index contributed by atoms with van der Waals surface area (Å²) in [6, 6.07) is 16.2. The Labute approximate surface area is 173 Å². The molecule has 30 heavy (non-hydrogen) atoms. The maximum atomic E-state index is 12.6. The molecule has 3 aromatic carbocycles. The van der Waals surface area contributed by atoms with E-state index >= 15 is 0 Å². The molecule has 0 fully saturated rings. The Kier molecular flexibility index (Phi) is 5.84.